The maximum absolute atomic E-state index is 11.5. The maximum atomic E-state index is 11.5. The van der Waals surface area contributed by atoms with E-state index in [-0.39, 0.29) is 5.78 Å². The van der Waals surface area contributed by atoms with Crippen LogP contribution in [-0.4, -0.2) is 35.8 Å². The number of benzene rings is 3. The topological polar surface area (TPSA) is 78.5 Å². The van der Waals surface area contributed by atoms with Gasteiger partial charge in [0.15, 0.2) is 5.78 Å². The molecule has 5 rings (SSSR count). The number of ketones is 1. The van der Waals surface area contributed by atoms with Crippen LogP contribution in [0.5, 0.6) is 0 Å². The lowest BCUT2D eigenvalue weighted by Gasteiger charge is -2.06. The quantitative estimate of drug-likeness (QED) is 0.464. The molecular formula is C20H14N6O. The van der Waals surface area contributed by atoms with E-state index in [0.29, 0.717) is 11.1 Å². The van der Waals surface area contributed by atoms with Crippen molar-refractivity contribution in [2.75, 3.05) is 0 Å². The molecule has 2 heterocycles. The maximum Gasteiger partial charge on any atom is 0.159 e. The summed E-state index contributed by atoms with van der Waals surface area (Å²) in [5.74, 6) is 0.0101. The summed E-state index contributed by atoms with van der Waals surface area (Å²) in [6, 6.07) is 21.1. The van der Waals surface area contributed by atoms with Crippen LogP contribution in [0.1, 0.15) is 17.3 Å². The zero-order valence-electron chi connectivity index (χ0n) is 14.4. The minimum Gasteiger partial charge on any atom is -0.295 e. The lowest BCUT2D eigenvalue weighted by Crippen LogP contribution is -2.00. The highest BCUT2D eigenvalue weighted by Gasteiger charge is 2.10. The van der Waals surface area contributed by atoms with Gasteiger partial charge in [0.2, 0.25) is 0 Å². The van der Waals surface area contributed by atoms with Crippen LogP contribution in [-0.2, 0) is 0 Å². The molecule has 0 amide bonds. The predicted octanol–water partition coefficient (Wildman–Crippen LogP) is 3.36. The van der Waals surface area contributed by atoms with Gasteiger partial charge in [-0.2, -0.15) is 0 Å². The number of hydrogen-bond donors (Lipinski definition) is 0. The van der Waals surface area contributed by atoms with Crippen molar-refractivity contribution in [3.05, 3.63) is 72.3 Å². The molecule has 0 spiro atoms. The molecule has 27 heavy (non-hydrogen) atoms. The van der Waals surface area contributed by atoms with Crippen LogP contribution in [0.15, 0.2) is 66.7 Å². The second kappa shape index (κ2) is 5.84. The lowest BCUT2D eigenvalue weighted by molar-refractivity contribution is 0.101. The van der Waals surface area contributed by atoms with Gasteiger partial charge >= 0.3 is 0 Å². The first kappa shape index (κ1) is 15.4. The number of hydrogen-bond acceptors (Lipinski definition) is 5. The Morgan fingerprint density at radius 1 is 0.741 bits per heavy atom. The van der Waals surface area contributed by atoms with Crippen molar-refractivity contribution in [3.8, 4) is 11.4 Å². The third-order valence-electron chi connectivity index (χ3n) is 4.54. The molecule has 0 aliphatic heterocycles. The third kappa shape index (κ3) is 2.48. The van der Waals surface area contributed by atoms with Gasteiger partial charge in [0, 0.05) is 5.56 Å². The van der Waals surface area contributed by atoms with Gasteiger partial charge in [0.25, 0.3) is 0 Å². The van der Waals surface area contributed by atoms with Crippen LogP contribution in [0, 0.1) is 0 Å². The van der Waals surface area contributed by atoms with Gasteiger partial charge in [0.1, 0.15) is 11.0 Å². The summed E-state index contributed by atoms with van der Waals surface area (Å²) in [5, 5.41) is 16.8. The number of para-hydroxylation sites is 1. The number of carbonyl (C=O) groups excluding carboxylic acids is 1. The average Bonchev–Trinajstić information content (AvgIpc) is 3.32. The van der Waals surface area contributed by atoms with Crippen molar-refractivity contribution < 1.29 is 4.79 Å². The fraction of sp³-hybridized carbons (Fsp3) is 0.0500. The second-order valence-electron chi connectivity index (χ2n) is 6.27. The molecule has 7 nitrogen and oxygen atoms in total. The highest BCUT2D eigenvalue weighted by Crippen LogP contribution is 2.21. The molecule has 130 valence electrons. The van der Waals surface area contributed by atoms with Gasteiger partial charge in [0.05, 0.1) is 22.4 Å². The van der Waals surface area contributed by atoms with E-state index in [1.807, 2.05) is 54.6 Å². The molecule has 0 fully saturated rings. The zero-order chi connectivity index (χ0) is 18.4. The summed E-state index contributed by atoms with van der Waals surface area (Å²) >= 11 is 0. The van der Waals surface area contributed by atoms with Gasteiger partial charge < -0.3 is 0 Å². The number of fused-ring (bicyclic) bond motifs is 2. The molecule has 5 aromatic rings. The highest BCUT2D eigenvalue weighted by molar-refractivity contribution is 5.97. The van der Waals surface area contributed by atoms with Crippen molar-refractivity contribution in [1.82, 2.24) is 30.0 Å². The number of nitrogens with zero attached hydrogens (tertiary/aromatic N) is 6. The fourth-order valence-electron chi connectivity index (χ4n) is 3.13. The standard InChI is InChI=1S/C20H14N6O/c1-13(27)14-6-11-20-18(12-14)22-24-26(20)16-9-7-15(8-10-16)25-19-5-3-2-4-17(19)21-23-25/h2-12H,1H3. The van der Waals surface area contributed by atoms with Gasteiger partial charge in [-0.15, -0.1) is 10.2 Å². The van der Waals surface area contributed by atoms with Crippen LogP contribution in [0.25, 0.3) is 33.4 Å². The predicted molar refractivity (Wildman–Crippen MR) is 101 cm³/mol. The molecule has 0 N–H and O–H groups in total. The van der Waals surface area contributed by atoms with Crippen molar-refractivity contribution in [3.63, 3.8) is 0 Å². The molecule has 0 atom stereocenters. The summed E-state index contributed by atoms with van der Waals surface area (Å²) < 4.78 is 3.56. The molecule has 3 aromatic carbocycles. The Balaban J connectivity index is 1.56. The van der Waals surface area contributed by atoms with E-state index in [0.717, 1.165) is 27.9 Å². The van der Waals surface area contributed by atoms with E-state index >= 15 is 0 Å². The van der Waals surface area contributed by atoms with Crippen molar-refractivity contribution in [1.29, 1.82) is 0 Å². The SMILES string of the molecule is CC(=O)c1ccc2c(c1)nnn2-c1ccc(-n2nnc3ccccc32)cc1. The summed E-state index contributed by atoms with van der Waals surface area (Å²) in [6.07, 6.45) is 0. The monoisotopic (exact) mass is 354 g/mol. The van der Waals surface area contributed by atoms with E-state index in [2.05, 4.69) is 20.6 Å². The van der Waals surface area contributed by atoms with Gasteiger partial charge in [-0.05, 0) is 61.5 Å². The van der Waals surface area contributed by atoms with Gasteiger partial charge in [-0.3, -0.25) is 4.79 Å². The Morgan fingerprint density at radius 2 is 1.33 bits per heavy atom. The van der Waals surface area contributed by atoms with E-state index in [9.17, 15) is 4.79 Å². The van der Waals surface area contributed by atoms with E-state index < -0.39 is 0 Å². The normalized spacial score (nSPS) is 11.3. The first-order chi connectivity index (χ1) is 13.2. The average molecular weight is 354 g/mol. The van der Waals surface area contributed by atoms with Crippen molar-refractivity contribution in [2.24, 2.45) is 0 Å². The van der Waals surface area contributed by atoms with Crippen LogP contribution >= 0.6 is 0 Å². The highest BCUT2D eigenvalue weighted by atomic mass is 16.1. The van der Waals surface area contributed by atoms with Crippen LogP contribution in [0.3, 0.4) is 0 Å². The number of Topliss-reactive ketones (excluding diaryl/α,β-unsaturated/α-hetero) is 1. The largest absolute Gasteiger partial charge is 0.295 e. The Labute approximate surface area is 153 Å². The van der Waals surface area contributed by atoms with Gasteiger partial charge in [-0.1, -0.05) is 22.6 Å². The first-order valence-electron chi connectivity index (χ1n) is 8.48. The molecule has 2 aromatic heterocycles. The molecule has 0 bridgehead atoms. The second-order valence-corrected chi connectivity index (χ2v) is 6.27. The molecule has 0 saturated carbocycles. The summed E-state index contributed by atoms with van der Waals surface area (Å²) in [4.78, 5) is 11.5. The summed E-state index contributed by atoms with van der Waals surface area (Å²) in [6.45, 7) is 1.54. The van der Waals surface area contributed by atoms with E-state index in [1.54, 1.807) is 21.5 Å². The van der Waals surface area contributed by atoms with Crippen molar-refractivity contribution in [2.45, 2.75) is 6.92 Å². The van der Waals surface area contributed by atoms with E-state index in [1.165, 1.54) is 6.92 Å². The van der Waals surface area contributed by atoms with Crippen molar-refractivity contribution >= 4 is 27.9 Å². The molecule has 0 aliphatic carbocycles. The fourth-order valence-corrected chi connectivity index (χ4v) is 3.13. The minimum absolute atomic E-state index is 0.0101. The van der Waals surface area contributed by atoms with Crippen LogP contribution in [0.2, 0.25) is 0 Å². The Bertz CT molecular complexity index is 1300. The summed E-state index contributed by atoms with van der Waals surface area (Å²) in [5.41, 5.74) is 5.76. The molecule has 0 radical (unpaired) electrons. The minimum atomic E-state index is 0.0101. The Kier molecular flexibility index (Phi) is 3.33. The number of carbonyl (C=O) groups is 1. The molecule has 7 heteroatoms. The first-order valence-corrected chi connectivity index (χ1v) is 8.48. The number of aromatic nitrogens is 6. The lowest BCUT2D eigenvalue weighted by atomic mass is 10.1. The van der Waals surface area contributed by atoms with Crippen LogP contribution in [0.4, 0.5) is 0 Å². The Hall–Kier alpha value is -3.87. The number of rotatable bonds is 3. The van der Waals surface area contributed by atoms with Crippen LogP contribution < -0.4 is 0 Å². The summed E-state index contributed by atoms with van der Waals surface area (Å²) in [7, 11) is 0. The smallest absolute Gasteiger partial charge is 0.159 e. The zero-order valence-corrected chi connectivity index (χ0v) is 14.4. The molecule has 0 aliphatic rings. The third-order valence-corrected chi connectivity index (χ3v) is 4.54. The Morgan fingerprint density at radius 3 is 2.00 bits per heavy atom. The van der Waals surface area contributed by atoms with Gasteiger partial charge in [-0.25, -0.2) is 9.36 Å². The molecule has 0 unspecified atom stereocenters. The van der Waals surface area contributed by atoms with E-state index in [4.69, 9.17) is 0 Å². The molecular weight excluding hydrogens is 340 g/mol. The molecule has 0 saturated heterocycles.